The first kappa shape index (κ1) is 19.5. The van der Waals surface area contributed by atoms with Gasteiger partial charge in [-0.2, -0.15) is 0 Å². The largest absolute Gasteiger partial charge is 0.484 e. The summed E-state index contributed by atoms with van der Waals surface area (Å²) in [5, 5.41) is 20.7. The third-order valence-electron chi connectivity index (χ3n) is 3.70. The Morgan fingerprint density at radius 1 is 1.38 bits per heavy atom. The molecule has 1 aliphatic rings. The molecule has 0 saturated carbocycles. The van der Waals surface area contributed by atoms with Gasteiger partial charge in [-0.3, -0.25) is 4.79 Å². The van der Waals surface area contributed by atoms with Crippen LogP contribution in [0.15, 0.2) is 30.0 Å². The van der Waals surface area contributed by atoms with Crippen LogP contribution < -0.4 is 5.32 Å². The van der Waals surface area contributed by atoms with Crippen molar-refractivity contribution in [2.75, 3.05) is 13.7 Å². The molecular formula is C17H18F2N2O5. The summed E-state index contributed by atoms with van der Waals surface area (Å²) in [6, 6.07) is 1.88. The molecule has 1 heterocycles. The van der Waals surface area contributed by atoms with Gasteiger partial charge in [0.15, 0.2) is 0 Å². The zero-order chi connectivity index (χ0) is 19.5. The Hall–Kier alpha value is -2.81. The molecular weight excluding hydrogens is 350 g/mol. The minimum atomic E-state index is -2.01. The molecule has 0 aliphatic carbocycles. The Kier molecular flexibility index (Phi) is 5.71. The molecule has 140 valence electrons. The molecule has 7 nitrogen and oxygen atoms in total. The quantitative estimate of drug-likeness (QED) is 0.514. The molecule has 3 N–H and O–H groups in total. The minimum Gasteiger partial charge on any atom is -0.484 e. The molecule has 26 heavy (non-hydrogen) atoms. The Morgan fingerprint density at radius 2 is 2.00 bits per heavy atom. The first-order valence-electron chi connectivity index (χ1n) is 7.62. The highest BCUT2D eigenvalue weighted by Gasteiger charge is 2.35. The first-order chi connectivity index (χ1) is 12.1. The lowest BCUT2D eigenvalue weighted by atomic mass is 9.94. The molecule has 1 amide bonds. The highest BCUT2D eigenvalue weighted by molar-refractivity contribution is 6.02. The summed E-state index contributed by atoms with van der Waals surface area (Å²) in [6.45, 7) is 1.16. The number of esters is 1. The van der Waals surface area contributed by atoms with Gasteiger partial charge in [-0.1, -0.05) is 0 Å². The van der Waals surface area contributed by atoms with E-state index >= 15 is 0 Å². The summed E-state index contributed by atoms with van der Waals surface area (Å²) in [6.07, 6.45) is 0.871. The number of nitrogens with one attached hydrogen (secondary N) is 2. The second-order valence-corrected chi connectivity index (χ2v) is 6.00. The number of benzene rings is 1. The number of ether oxygens (including phenoxy) is 2. The van der Waals surface area contributed by atoms with Crippen molar-refractivity contribution in [3.8, 4) is 0 Å². The maximum absolute atomic E-state index is 13.2. The third-order valence-corrected chi connectivity index (χ3v) is 3.70. The number of halogens is 2. The van der Waals surface area contributed by atoms with E-state index < -0.39 is 41.6 Å². The molecule has 9 heteroatoms. The van der Waals surface area contributed by atoms with Crippen LogP contribution in [0.1, 0.15) is 18.9 Å². The van der Waals surface area contributed by atoms with E-state index in [1.54, 1.807) is 0 Å². The van der Waals surface area contributed by atoms with Crippen molar-refractivity contribution in [3.05, 3.63) is 47.2 Å². The van der Waals surface area contributed by atoms with E-state index in [1.165, 1.54) is 20.1 Å². The summed E-state index contributed by atoms with van der Waals surface area (Å²) >= 11 is 0. The van der Waals surface area contributed by atoms with Crippen molar-refractivity contribution >= 4 is 17.6 Å². The number of aliphatic hydroxyl groups is 1. The van der Waals surface area contributed by atoms with Gasteiger partial charge < -0.3 is 25.3 Å². The number of carbonyl (C=O) groups excluding carboxylic acids is 2. The molecule has 0 fully saturated rings. The van der Waals surface area contributed by atoms with Crippen LogP contribution in [0.2, 0.25) is 0 Å². The van der Waals surface area contributed by atoms with Gasteiger partial charge in [0.2, 0.25) is 5.76 Å². The standard InChI is InChI=1S/C17H18F2N2O5/c1-17(24,7-13(20)9-3-10(18)5-11(19)4-9)16(23)21-12-6-14(26-8-12)15(22)25-2/h3-6,12,20,24H,7-8H2,1-2H3,(H,21,23)/t12-,17?/m1/s1. The Balaban J connectivity index is 2.02. The van der Waals surface area contributed by atoms with Gasteiger partial charge in [-0.25, -0.2) is 13.6 Å². The van der Waals surface area contributed by atoms with Crippen LogP contribution in [-0.4, -0.2) is 48.1 Å². The fourth-order valence-corrected chi connectivity index (χ4v) is 2.35. The van der Waals surface area contributed by atoms with Crippen LogP contribution in [0.5, 0.6) is 0 Å². The molecule has 0 aromatic heterocycles. The molecule has 1 aliphatic heterocycles. The lowest BCUT2D eigenvalue weighted by Gasteiger charge is -2.24. The summed E-state index contributed by atoms with van der Waals surface area (Å²) < 4.78 is 36.1. The highest BCUT2D eigenvalue weighted by atomic mass is 19.1. The minimum absolute atomic E-state index is 0.0151. The van der Waals surface area contributed by atoms with E-state index in [0.717, 1.165) is 12.1 Å². The second-order valence-electron chi connectivity index (χ2n) is 6.00. The van der Waals surface area contributed by atoms with Crippen molar-refractivity contribution < 1.29 is 33.0 Å². The second kappa shape index (κ2) is 7.61. The lowest BCUT2D eigenvalue weighted by molar-refractivity contribution is -0.139. The van der Waals surface area contributed by atoms with E-state index in [-0.39, 0.29) is 23.6 Å². The molecule has 1 unspecified atom stereocenters. The van der Waals surface area contributed by atoms with E-state index in [4.69, 9.17) is 10.1 Å². The van der Waals surface area contributed by atoms with Crippen LogP contribution in [0.4, 0.5) is 8.78 Å². The number of rotatable bonds is 6. The molecule has 1 aromatic rings. The van der Waals surface area contributed by atoms with Crippen molar-refractivity contribution in [2.24, 2.45) is 0 Å². The number of amides is 1. The predicted octanol–water partition coefficient (Wildman–Crippen LogP) is 1.05. The van der Waals surface area contributed by atoms with Crippen molar-refractivity contribution in [3.63, 3.8) is 0 Å². The molecule has 0 bridgehead atoms. The third kappa shape index (κ3) is 4.63. The van der Waals surface area contributed by atoms with Gasteiger partial charge >= 0.3 is 5.97 Å². The topological polar surface area (TPSA) is 109 Å². The number of carbonyl (C=O) groups is 2. The van der Waals surface area contributed by atoms with Crippen LogP contribution in [0.3, 0.4) is 0 Å². The molecule has 2 atom stereocenters. The van der Waals surface area contributed by atoms with E-state index in [2.05, 4.69) is 10.1 Å². The zero-order valence-electron chi connectivity index (χ0n) is 14.1. The Bertz CT molecular complexity index is 756. The maximum atomic E-state index is 13.2. The number of methoxy groups -OCH3 is 1. The molecule has 0 saturated heterocycles. The first-order valence-corrected chi connectivity index (χ1v) is 7.62. The fraction of sp³-hybridized carbons (Fsp3) is 0.353. The van der Waals surface area contributed by atoms with Crippen LogP contribution in [0, 0.1) is 17.0 Å². The van der Waals surface area contributed by atoms with Crippen molar-refractivity contribution in [1.29, 1.82) is 5.41 Å². The van der Waals surface area contributed by atoms with Gasteiger partial charge in [-0.15, -0.1) is 0 Å². The van der Waals surface area contributed by atoms with Crippen molar-refractivity contribution in [2.45, 2.75) is 25.0 Å². The van der Waals surface area contributed by atoms with Gasteiger partial charge in [-0.05, 0) is 25.1 Å². The predicted molar refractivity (Wildman–Crippen MR) is 86.4 cm³/mol. The Morgan fingerprint density at radius 3 is 2.58 bits per heavy atom. The van der Waals surface area contributed by atoms with Gasteiger partial charge in [0.25, 0.3) is 5.91 Å². The Labute approximate surface area is 148 Å². The summed E-state index contributed by atoms with van der Waals surface area (Å²) in [7, 11) is 1.18. The summed E-state index contributed by atoms with van der Waals surface area (Å²) in [5.41, 5.74) is -2.40. The average Bonchev–Trinajstić information content (AvgIpc) is 3.01. The highest BCUT2D eigenvalue weighted by Crippen LogP contribution is 2.18. The van der Waals surface area contributed by atoms with E-state index in [0.29, 0.717) is 6.07 Å². The van der Waals surface area contributed by atoms with Gasteiger partial charge in [0.05, 0.1) is 13.2 Å². The molecule has 1 aromatic carbocycles. The summed E-state index contributed by atoms with van der Waals surface area (Å²) in [4.78, 5) is 23.6. The van der Waals surface area contributed by atoms with Crippen LogP contribution >= 0.6 is 0 Å². The van der Waals surface area contributed by atoms with Crippen LogP contribution in [0.25, 0.3) is 0 Å². The monoisotopic (exact) mass is 368 g/mol. The van der Waals surface area contributed by atoms with Gasteiger partial charge in [0, 0.05) is 23.8 Å². The zero-order valence-corrected chi connectivity index (χ0v) is 14.1. The average molecular weight is 368 g/mol. The SMILES string of the molecule is COC(=O)C1=C[C@@H](NC(=O)C(C)(O)CC(=N)c2cc(F)cc(F)c2)CO1. The number of hydrogen-bond donors (Lipinski definition) is 3. The maximum Gasteiger partial charge on any atom is 0.373 e. The van der Waals surface area contributed by atoms with E-state index in [1.807, 2.05) is 0 Å². The summed E-state index contributed by atoms with van der Waals surface area (Å²) in [5.74, 6) is -3.30. The van der Waals surface area contributed by atoms with E-state index in [9.17, 15) is 23.5 Å². The molecule has 0 spiro atoms. The molecule has 2 rings (SSSR count). The molecule has 0 radical (unpaired) electrons. The lowest BCUT2D eigenvalue weighted by Crippen LogP contribution is -2.49. The van der Waals surface area contributed by atoms with Crippen molar-refractivity contribution in [1.82, 2.24) is 5.32 Å². The van der Waals surface area contributed by atoms with Crippen LogP contribution in [-0.2, 0) is 19.1 Å². The van der Waals surface area contributed by atoms with Gasteiger partial charge in [0.1, 0.15) is 23.8 Å². The fourth-order valence-electron chi connectivity index (χ4n) is 2.35. The normalized spacial score (nSPS) is 18.3. The smallest absolute Gasteiger partial charge is 0.373 e. The number of hydrogen-bond acceptors (Lipinski definition) is 6.